The SMILES string of the molecule is CCOP(=O)(CC[C@H]1O[C@@H](n2cnc3c(NC45CC6C[C@@](C)(C4)C[C@](C)(C6)C5)nc(Cl)nc32)[C@H](OC(C)=O)[C@@H]1OC(C)=O)CP(=O)(OC(C)C)OC(C)C. The van der Waals surface area contributed by atoms with E-state index in [-0.39, 0.29) is 40.8 Å². The molecule has 15 nitrogen and oxygen atoms in total. The van der Waals surface area contributed by atoms with E-state index in [2.05, 4.69) is 29.1 Å². The number of fused-ring (bicyclic) bond motifs is 1. The summed E-state index contributed by atoms with van der Waals surface area (Å²) in [6.07, 6.45) is 3.00. The van der Waals surface area contributed by atoms with Crippen molar-refractivity contribution in [2.75, 3.05) is 24.0 Å². The van der Waals surface area contributed by atoms with E-state index in [1.807, 2.05) is 0 Å². The Morgan fingerprint density at radius 3 is 2.15 bits per heavy atom. The summed E-state index contributed by atoms with van der Waals surface area (Å²) in [6.45, 7) is 15.9. The van der Waals surface area contributed by atoms with Gasteiger partial charge in [0.15, 0.2) is 35.4 Å². The number of hydrogen-bond donors (Lipinski definition) is 1. The van der Waals surface area contributed by atoms with Crippen molar-refractivity contribution in [1.82, 2.24) is 19.5 Å². The van der Waals surface area contributed by atoms with Gasteiger partial charge in [-0.2, -0.15) is 9.97 Å². The first-order chi connectivity index (χ1) is 25.2. The highest BCUT2D eigenvalue weighted by atomic mass is 35.5. The molecule has 5 fully saturated rings. The molecule has 0 spiro atoms. The van der Waals surface area contributed by atoms with Crippen LogP contribution in [0.2, 0.25) is 5.28 Å². The van der Waals surface area contributed by atoms with Gasteiger partial charge in [0.25, 0.3) is 0 Å². The van der Waals surface area contributed by atoms with Crippen LogP contribution in [0.15, 0.2) is 6.33 Å². The maximum absolute atomic E-state index is 14.3. The number of anilines is 1. The van der Waals surface area contributed by atoms with Crippen molar-refractivity contribution in [1.29, 1.82) is 0 Å². The molecule has 302 valence electrons. The number of carbonyl (C=O) groups excluding carboxylic acids is 2. The van der Waals surface area contributed by atoms with Crippen molar-refractivity contribution < 1.29 is 46.5 Å². The van der Waals surface area contributed by atoms with Crippen molar-refractivity contribution in [3.05, 3.63) is 11.6 Å². The number of nitrogens with one attached hydrogen (secondary N) is 1. The number of imidazole rings is 1. The summed E-state index contributed by atoms with van der Waals surface area (Å²) in [7, 11) is -7.55. The maximum atomic E-state index is 14.3. The minimum Gasteiger partial charge on any atom is -0.456 e. The Morgan fingerprint density at radius 1 is 0.981 bits per heavy atom. The number of rotatable bonds is 16. The molecule has 54 heavy (non-hydrogen) atoms. The lowest BCUT2D eigenvalue weighted by Gasteiger charge is -2.65. The van der Waals surface area contributed by atoms with Crippen LogP contribution in [0.1, 0.15) is 113 Å². The zero-order chi connectivity index (χ0) is 39.4. The lowest BCUT2D eigenvalue weighted by Crippen LogP contribution is -2.61. The summed E-state index contributed by atoms with van der Waals surface area (Å²) in [4.78, 5) is 38.9. The van der Waals surface area contributed by atoms with E-state index in [1.54, 1.807) is 39.2 Å². The number of ether oxygens (including phenoxy) is 3. The van der Waals surface area contributed by atoms with Gasteiger partial charge in [0.05, 0.1) is 25.1 Å². The summed E-state index contributed by atoms with van der Waals surface area (Å²) < 4.78 is 65.0. The number of hydrogen-bond acceptors (Lipinski definition) is 14. The number of nitrogens with zero attached hydrogens (tertiary/aromatic N) is 4. The summed E-state index contributed by atoms with van der Waals surface area (Å²) in [5, 5.41) is 3.81. The van der Waals surface area contributed by atoms with Crippen molar-refractivity contribution in [3.63, 3.8) is 0 Å². The number of halogens is 1. The van der Waals surface area contributed by atoms with Crippen LogP contribution in [0.5, 0.6) is 0 Å². The van der Waals surface area contributed by atoms with E-state index >= 15 is 0 Å². The lowest BCUT2D eigenvalue weighted by molar-refractivity contribution is -0.165. The maximum Gasteiger partial charge on any atom is 0.340 e. The van der Waals surface area contributed by atoms with Crippen LogP contribution >= 0.6 is 26.6 Å². The molecule has 4 aliphatic carbocycles. The Balaban J connectivity index is 1.31. The third-order valence-electron chi connectivity index (χ3n) is 10.8. The molecule has 3 heterocycles. The highest BCUT2D eigenvalue weighted by Gasteiger charge is 2.60. The monoisotopic (exact) mass is 815 g/mol. The lowest BCUT2D eigenvalue weighted by atomic mass is 9.43. The van der Waals surface area contributed by atoms with Crippen LogP contribution in [0.3, 0.4) is 0 Å². The molecule has 2 aromatic heterocycles. The fraction of sp³-hybridized carbons (Fsp3) is 0.806. The van der Waals surface area contributed by atoms with E-state index in [1.165, 1.54) is 39.4 Å². The number of aromatic nitrogens is 4. The zero-order valence-corrected chi connectivity index (χ0v) is 35.4. The van der Waals surface area contributed by atoms with E-state index in [0.717, 1.165) is 19.3 Å². The zero-order valence-electron chi connectivity index (χ0n) is 32.8. The third kappa shape index (κ3) is 9.03. The van der Waals surface area contributed by atoms with Gasteiger partial charge in [-0.15, -0.1) is 0 Å². The standard InChI is InChI=1S/C36H56ClN5O10P2/c1-10-47-53(45,20-54(46,51-21(2)3)52-22(4)5)12-11-26-28(48-23(6)43)29(49-24(7)44)32(50-26)42-19-38-27-30(39-33(37)40-31(27)42)41-36-15-25-13-34(8,17-36)16-35(9,14-25)18-36/h19,21-22,25-26,28-29,32H,10-18,20H2,1-9H3,(H,39,40,41)/t25?,26-,28-,29-,32-,34-,35+,36?,53?/m1/s1. The molecule has 4 bridgehead atoms. The molecule has 5 aliphatic rings. The average Bonchev–Trinajstić information content (AvgIpc) is 3.53. The second-order valence-corrected chi connectivity index (χ2v) is 22.7. The second-order valence-electron chi connectivity index (χ2n) is 17.2. The highest BCUT2D eigenvalue weighted by molar-refractivity contribution is 7.73. The largest absolute Gasteiger partial charge is 0.456 e. The van der Waals surface area contributed by atoms with Crippen molar-refractivity contribution in [2.45, 2.75) is 150 Å². The molecule has 1 saturated heterocycles. The predicted octanol–water partition coefficient (Wildman–Crippen LogP) is 8.11. The molecule has 0 aromatic carbocycles. The van der Waals surface area contributed by atoms with E-state index in [9.17, 15) is 18.7 Å². The van der Waals surface area contributed by atoms with Crippen molar-refractivity contribution >= 4 is 55.5 Å². The Labute approximate surface area is 322 Å². The van der Waals surface area contributed by atoms with Crippen molar-refractivity contribution in [3.8, 4) is 0 Å². The molecule has 3 unspecified atom stereocenters. The first-order valence-corrected chi connectivity index (χ1v) is 23.1. The average molecular weight is 816 g/mol. The smallest absolute Gasteiger partial charge is 0.340 e. The molecule has 0 radical (unpaired) electrons. The van der Waals surface area contributed by atoms with Crippen LogP contribution in [-0.4, -0.2) is 86.2 Å². The first-order valence-electron chi connectivity index (χ1n) is 19.0. The Bertz CT molecular complexity index is 1810. The quantitative estimate of drug-likeness (QED) is 0.0975. The minimum absolute atomic E-state index is 0.00154. The molecular weight excluding hydrogens is 760 g/mol. The predicted molar refractivity (Wildman–Crippen MR) is 203 cm³/mol. The van der Waals surface area contributed by atoms with Crippen LogP contribution in [0, 0.1) is 16.7 Å². The molecule has 0 amide bonds. The van der Waals surface area contributed by atoms with Crippen LogP contribution in [0.25, 0.3) is 11.2 Å². The second kappa shape index (κ2) is 15.3. The van der Waals surface area contributed by atoms with Gasteiger partial charge in [-0.25, -0.2) is 4.98 Å². The molecular formula is C36H56ClN5O10P2. The van der Waals surface area contributed by atoms with E-state index in [0.29, 0.717) is 22.9 Å². The van der Waals surface area contributed by atoms with Gasteiger partial charge < -0.3 is 33.1 Å². The van der Waals surface area contributed by atoms with Gasteiger partial charge in [0.1, 0.15) is 12.0 Å². The third-order valence-corrected chi connectivity index (χ3v) is 17.3. The first kappa shape index (κ1) is 41.5. The van der Waals surface area contributed by atoms with Gasteiger partial charge in [-0.1, -0.05) is 13.8 Å². The van der Waals surface area contributed by atoms with Crippen molar-refractivity contribution in [2.24, 2.45) is 16.7 Å². The van der Waals surface area contributed by atoms with Gasteiger partial charge in [0.2, 0.25) is 12.7 Å². The Kier molecular flexibility index (Phi) is 11.8. The van der Waals surface area contributed by atoms with Crippen LogP contribution in [-0.2, 0) is 46.5 Å². The number of esters is 2. The van der Waals surface area contributed by atoms with E-state index in [4.69, 9.17) is 44.4 Å². The molecule has 9 atom stereocenters. The summed E-state index contributed by atoms with van der Waals surface area (Å²) in [5.74, 6) is -0.570. The van der Waals surface area contributed by atoms with Crippen LogP contribution in [0.4, 0.5) is 5.82 Å². The number of carbonyl (C=O) groups is 2. The topological polar surface area (TPSA) is 179 Å². The van der Waals surface area contributed by atoms with Gasteiger partial charge in [-0.05, 0) is 108 Å². The molecule has 1 N–H and O–H groups in total. The van der Waals surface area contributed by atoms with Gasteiger partial charge in [0, 0.05) is 25.5 Å². The normalized spacial score (nSPS) is 33.1. The molecule has 4 saturated carbocycles. The Hall–Kier alpha value is -2.12. The summed E-state index contributed by atoms with van der Waals surface area (Å²) >= 11 is 6.61. The fourth-order valence-corrected chi connectivity index (χ4v) is 16.8. The van der Waals surface area contributed by atoms with Gasteiger partial charge in [-0.3, -0.25) is 23.3 Å². The molecule has 7 rings (SSSR count). The Morgan fingerprint density at radius 2 is 1.59 bits per heavy atom. The summed E-state index contributed by atoms with van der Waals surface area (Å²) in [6, 6.07) is 0. The summed E-state index contributed by atoms with van der Waals surface area (Å²) in [5.41, 5.74) is 1.14. The van der Waals surface area contributed by atoms with Gasteiger partial charge >= 0.3 is 19.5 Å². The molecule has 18 heteroatoms. The van der Waals surface area contributed by atoms with Crippen LogP contribution < -0.4 is 5.32 Å². The molecule has 1 aliphatic heterocycles. The highest BCUT2D eigenvalue weighted by Crippen LogP contribution is 2.67. The fourth-order valence-electron chi connectivity index (χ4n) is 10.6. The minimum atomic E-state index is -3.86. The molecule has 2 aromatic rings. The van der Waals surface area contributed by atoms with E-state index < -0.39 is 69.6 Å².